The van der Waals surface area contributed by atoms with Gasteiger partial charge in [-0.05, 0) is 30.2 Å². The fourth-order valence-corrected chi connectivity index (χ4v) is 4.42. The number of carbonyl (C=O) groups excluding carboxylic acids is 2. The van der Waals surface area contributed by atoms with Gasteiger partial charge in [-0.2, -0.15) is 5.10 Å². The Kier molecular flexibility index (Phi) is 6.81. The lowest BCUT2D eigenvalue weighted by atomic mass is 9.85. The number of nitrogens with zero attached hydrogens (tertiary/aromatic N) is 3. The molecule has 2 saturated heterocycles. The van der Waals surface area contributed by atoms with E-state index in [-0.39, 0.29) is 11.8 Å². The number of aromatic nitrogens is 2. The quantitative estimate of drug-likeness (QED) is 0.769. The molecule has 2 fully saturated rings. The lowest BCUT2D eigenvalue weighted by Gasteiger charge is -2.36. The highest BCUT2D eigenvalue weighted by Crippen LogP contribution is 2.25. The van der Waals surface area contributed by atoms with Crippen molar-refractivity contribution in [1.82, 2.24) is 20.0 Å². The average molecular weight is 443 g/mol. The van der Waals surface area contributed by atoms with E-state index in [1.807, 2.05) is 49.7 Å². The van der Waals surface area contributed by atoms with E-state index in [0.29, 0.717) is 37.9 Å². The lowest BCUT2D eigenvalue weighted by molar-refractivity contribution is -0.139. The van der Waals surface area contributed by atoms with Gasteiger partial charge in [0.05, 0.1) is 18.7 Å². The molecule has 2 aliphatic rings. The Labute approximate surface area is 189 Å². The number of rotatable bonds is 5. The number of morpholine rings is 1. The minimum Gasteiger partial charge on any atom is -0.381 e. The van der Waals surface area contributed by atoms with Gasteiger partial charge in [-0.3, -0.25) is 14.3 Å². The molecular weight excluding hydrogens is 408 g/mol. The molecule has 0 radical (unpaired) electrons. The summed E-state index contributed by atoms with van der Waals surface area (Å²) in [6, 6.07) is 7.16. The van der Waals surface area contributed by atoms with Crippen molar-refractivity contribution in [1.29, 1.82) is 0 Å². The van der Waals surface area contributed by atoms with E-state index in [1.54, 1.807) is 4.90 Å². The summed E-state index contributed by atoms with van der Waals surface area (Å²) in [6.45, 7) is 10.4. The van der Waals surface area contributed by atoms with E-state index in [9.17, 15) is 9.59 Å². The molecule has 174 valence electrons. The van der Waals surface area contributed by atoms with Crippen LogP contribution >= 0.6 is 0 Å². The third kappa shape index (κ3) is 4.96. The fraction of sp³-hybridized carbons (Fsp3) is 0.625. The van der Waals surface area contributed by atoms with E-state index in [2.05, 4.69) is 5.32 Å². The van der Waals surface area contributed by atoms with Gasteiger partial charge in [0.25, 0.3) is 5.91 Å². The second kappa shape index (κ2) is 9.58. The maximum Gasteiger partial charge on any atom is 0.273 e. The largest absolute Gasteiger partial charge is 0.381 e. The highest BCUT2D eigenvalue weighted by Gasteiger charge is 2.37. The van der Waals surface area contributed by atoms with Crippen LogP contribution in [0.15, 0.2) is 24.3 Å². The minimum absolute atomic E-state index is 0.0694. The molecule has 0 spiro atoms. The highest BCUT2D eigenvalue weighted by atomic mass is 16.5. The Morgan fingerprint density at radius 3 is 2.44 bits per heavy atom. The van der Waals surface area contributed by atoms with Crippen LogP contribution in [-0.2, 0) is 20.8 Å². The summed E-state index contributed by atoms with van der Waals surface area (Å²) in [7, 11) is 0. The fourth-order valence-electron chi connectivity index (χ4n) is 4.42. The monoisotopic (exact) mass is 442 g/mol. The zero-order valence-corrected chi connectivity index (χ0v) is 19.3. The Hall–Kier alpha value is -2.45. The third-order valence-corrected chi connectivity index (χ3v) is 6.36. The zero-order chi connectivity index (χ0) is 22.7. The maximum absolute atomic E-state index is 13.4. The summed E-state index contributed by atoms with van der Waals surface area (Å²) in [6.07, 6.45) is 1.99. The normalized spacial score (nSPS) is 19.2. The molecule has 0 bridgehead atoms. The number of fused-ring (bicyclic) bond motifs is 1. The molecule has 0 aliphatic carbocycles. The molecule has 1 atom stereocenters. The minimum atomic E-state index is -0.646. The van der Waals surface area contributed by atoms with Gasteiger partial charge < -0.3 is 19.7 Å². The molecule has 4 rings (SSSR count). The molecule has 1 N–H and O–H groups in total. The molecule has 1 aromatic carbocycles. The molecule has 2 aromatic rings. The van der Waals surface area contributed by atoms with Gasteiger partial charge >= 0.3 is 0 Å². The predicted molar refractivity (Wildman–Crippen MR) is 121 cm³/mol. The van der Waals surface area contributed by atoms with Crippen LogP contribution in [-0.4, -0.2) is 72.1 Å². The molecule has 2 amide bonds. The van der Waals surface area contributed by atoms with Crippen molar-refractivity contribution in [3.8, 4) is 0 Å². The van der Waals surface area contributed by atoms with Crippen LogP contribution in [0.1, 0.15) is 44.1 Å². The van der Waals surface area contributed by atoms with Gasteiger partial charge in [0, 0.05) is 38.2 Å². The second-order valence-electron chi connectivity index (χ2n) is 9.81. The summed E-state index contributed by atoms with van der Waals surface area (Å²) in [4.78, 5) is 28.4. The summed E-state index contributed by atoms with van der Waals surface area (Å²) in [5, 5.41) is 8.53. The van der Waals surface area contributed by atoms with Crippen LogP contribution < -0.4 is 5.32 Å². The first-order valence-corrected chi connectivity index (χ1v) is 11.6. The van der Waals surface area contributed by atoms with Crippen molar-refractivity contribution < 1.29 is 19.1 Å². The Balaban J connectivity index is 1.58. The molecule has 1 unspecified atom stereocenters. The van der Waals surface area contributed by atoms with E-state index < -0.39 is 11.5 Å². The number of amides is 2. The zero-order valence-electron chi connectivity index (χ0n) is 19.3. The summed E-state index contributed by atoms with van der Waals surface area (Å²) >= 11 is 0. The molecule has 8 heteroatoms. The summed E-state index contributed by atoms with van der Waals surface area (Å²) in [5.41, 5.74) is 0.874. The average Bonchev–Trinajstić information content (AvgIpc) is 3.16. The molecule has 1 aromatic heterocycles. The third-order valence-electron chi connectivity index (χ3n) is 6.36. The van der Waals surface area contributed by atoms with Gasteiger partial charge in [-0.1, -0.05) is 39.0 Å². The number of hydrogen-bond donors (Lipinski definition) is 1. The first-order chi connectivity index (χ1) is 15.3. The number of ether oxygens (including phenoxy) is 2. The van der Waals surface area contributed by atoms with Crippen LogP contribution in [0.2, 0.25) is 0 Å². The maximum atomic E-state index is 13.4. The number of benzene rings is 1. The number of nitrogens with one attached hydrogen (secondary N) is 1. The number of hydrogen-bond acceptors (Lipinski definition) is 5. The molecule has 32 heavy (non-hydrogen) atoms. The SMILES string of the molecule is CC(C)(C)C(NC(=O)c1nn(CC2CCOCC2)c2ccccc12)C(=O)N1CCOCC1. The van der Waals surface area contributed by atoms with Gasteiger partial charge in [-0.25, -0.2) is 0 Å². The van der Waals surface area contributed by atoms with Crippen LogP contribution in [0.5, 0.6) is 0 Å². The van der Waals surface area contributed by atoms with Gasteiger partial charge in [0.2, 0.25) is 5.91 Å². The van der Waals surface area contributed by atoms with Crippen molar-refractivity contribution in [2.45, 2.75) is 46.2 Å². The van der Waals surface area contributed by atoms with Crippen LogP contribution in [0.3, 0.4) is 0 Å². The van der Waals surface area contributed by atoms with Crippen molar-refractivity contribution in [3.63, 3.8) is 0 Å². The number of para-hydroxylation sites is 1. The van der Waals surface area contributed by atoms with E-state index in [1.165, 1.54) is 0 Å². The molecule has 8 nitrogen and oxygen atoms in total. The van der Waals surface area contributed by atoms with Crippen LogP contribution in [0.25, 0.3) is 10.9 Å². The molecule has 3 heterocycles. The molecular formula is C24H34N4O4. The summed E-state index contributed by atoms with van der Waals surface area (Å²) < 4.78 is 12.8. The smallest absolute Gasteiger partial charge is 0.273 e. The first-order valence-electron chi connectivity index (χ1n) is 11.6. The van der Waals surface area contributed by atoms with Crippen molar-refractivity contribution >= 4 is 22.7 Å². The summed E-state index contributed by atoms with van der Waals surface area (Å²) in [5.74, 6) is 0.0988. The van der Waals surface area contributed by atoms with Crippen molar-refractivity contribution in [2.24, 2.45) is 11.3 Å². The number of carbonyl (C=O) groups is 2. The Morgan fingerprint density at radius 1 is 1.09 bits per heavy atom. The van der Waals surface area contributed by atoms with Gasteiger partial charge in [-0.15, -0.1) is 0 Å². The Bertz CT molecular complexity index is 953. The Morgan fingerprint density at radius 2 is 1.75 bits per heavy atom. The van der Waals surface area contributed by atoms with E-state index in [4.69, 9.17) is 14.6 Å². The van der Waals surface area contributed by atoms with E-state index in [0.717, 1.165) is 43.5 Å². The predicted octanol–water partition coefficient (Wildman–Crippen LogP) is 2.47. The van der Waals surface area contributed by atoms with E-state index >= 15 is 0 Å². The standard InChI is InChI=1S/C24H34N4O4/c1-24(2,3)21(23(30)27-10-14-32-15-11-27)25-22(29)20-18-6-4-5-7-19(18)28(26-20)16-17-8-12-31-13-9-17/h4-7,17,21H,8-16H2,1-3H3,(H,25,29). The molecule has 0 saturated carbocycles. The molecule has 2 aliphatic heterocycles. The first kappa shape index (κ1) is 22.7. The van der Waals surface area contributed by atoms with Crippen LogP contribution in [0.4, 0.5) is 0 Å². The highest BCUT2D eigenvalue weighted by molar-refractivity contribution is 6.06. The topological polar surface area (TPSA) is 85.7 Å². The van der Waals surface area contributed by atoms with Gasteiger partial charge in [0.1, 0.15) is 6.04 Å². The van der Waals surface area contributed by atoms with Crippen LogP contribution in [0, 0.1) is 11.3 Å². The van der Waals surface area contributed by atoms with Crippen molar-refractivity contribution in [2.75, 3.05) is 39.5 Å². The van der Waals surface area contributed by atoms with Gasteiger partial charge in [0.15, 0.2) is 5.69 Å². The lowest BCUT2D eigenvalue weighted by Crippen LogP contribution is -2.56. The second-order valence-corrected chi connectivity index (χ2v) is 9.81. The van der Waals surface area contributed by atoms with Crippen molar-refractivity contribution in [3.05, 3.63) is 30.0 Å².